The summed E-state index contributed by atoms with van der Waals surface area (Å²) in [7, 11) is 2.00. The van der Waals surface area contributed by atoms with E-state index in [0.29, 0.717) is 12.5 Å². The number of hydrogen-bond donors (Lipinski definition) is 0. The zero-order valence-corrected chi connectivity index (χ0v) is 10.2. The van der Waals surface area contributed by atoms with Crippen molar-refractivity contribution in [2.45, 2.75) is 27.7 Å². The van der Waals surface area contributed by atoms with E-state index in [2.05, 4.69) is 18.7 Å². The Labute approximate surface area is 88.1 Å². The predicted molar refractivity (Wildman–Crippen MR) is 60.3 cm³/mol. The Bertz CT molecular complexity index is 165. The van der Waals surface area contributed by atoms with Crippen molar-refractivity contribution in [2.75, 3.05) is 33.2 Å². The normalized spacial score (nSPS) is 11.1. The fourth-order valence-corrected chi connectivity index (χ4v) is 1.60. The SMILES string of the molecule is CCN(CC)C(=O)CN(C)CC(C)C. The molecular formula is C11H24N2O. The Hall–Kier alpha value is -0.570. The molecule has 3 heteroatoms. The van der Waals surface area contributed by atoms with E-state index in [1.807, 2.05) is 25.8 Å². The average molecular weight is 200 g/mol. The molecule has 0 rings (SSSR count). The highest BCUT2D eigenvalue weighted by Crippen LogP contribution is 1.97. The molecule has 0 saturated carbocycles. The number of carbonyl (C=O) groups is 1. The summed E-state index contributed by atoms with van der Waals surface area (Å²) in [4.78, 5) is 15.6. The zero-order valence-electron chi connectivity index (χ0n) is 10.2. The van der Waals surface area contributed by atoms with E-state index in [1.54, 1.807) is 0 Å². The second-order valence-electron chi connectivity index (χ2n) is 4.16. The van der Waals surface area contributed by atoms with Crippen LogP contribution in [0.25, 0.3) is 0 Å². The average Bonchev–Trinajstić information content (AvgIpc) is 2.04. The molecule has 0 atom stereocenters. The highest BCUT2D eigenvalue weighted by Gasteiger charge is 2.12. The monoisotopic (exact) mass is 200 g/mol. The largest absolute Gasteiger partial charge is 0.342 e. The van der Waals surface area contributed by atoms with Crippen LogP contribution in [0.5, 0.6) is 0 Å². The maximum absolute atomic E-state index is 11.7. The van der Waals surface area contributed by atoms with Crippen LogP contribution in [-0.4, -0.2) is 48.9 Å². The van der Waals surface area contributed by atoms with Gasteiger partial charge in [-0.15, -0.1) is 0 Å². The fraction of sp³-hybridized carbons (Fsp3) is 0.909. The first-order chi connectivity index (χ1) is 6.51. The molecule has 0 heterocycles. The lowest BCUT2D eigenvalue weighted by Crippen LogP contribution is -2.39. The summed E-state index contributed by atoms with van der Waals surface area (Å²) < 4.78 is 0. The number of rotatable bonds is 6. The Balaban J connectivity index is 3.91. The van der Waals surface area contributed by atoms with Crippen molar-refractivity contribution in [3.8, 4) is 0 Å². The minimum Gasteiger partial charge on any atom is -0.342 e. The van der Waals surface area contributed by atoms with Gasteiger partial charge in [-0.1, -0.05) is 13.8 Å². The van der Waals surface area contributed by atoms with Crippen molar-refractivity contribution in [1.82, 2.24) is 9.80 Å². The van der Waals surface area contributed by atoms with Gasteiger partial charge < -0.3 is 4.90 Å². The van der Waals surface area contributed by atoms with Crippen molar-refractivity contribution in [3.05, 3.63) is 0 Å². The Morgan fingerprint density at radius 1 is 1.21 bits per heavy atom. The molecule has 0 spiro atoms. The van der Waals surface area contributed by atoms with Crippen LogP contribution in [0.4, 0.5) is 0 Å². The molecule has 84 valence electrons. The predicted octanol–water partition coefficient (Wildman–Crippen LogP) is 1.44. The summed E-state index contributed by atoms with van der Waals surface area (Å²) in [5.41, 5.74) is 0. The van der Waals surface area contributed by atoms with Gasteiger partial charge in [0.25, 0.3) is 0 Å². The molecule has 0 aromatic heterocycles. The van der Waals surface area contributed by atoms with Gasteiger partial charge in [0, 0.05) is 19.6 Å². The second kappa shape index (κ2) is 6.82. The molecule has 0 aliphatic heterocycles. The van der Waals surface area contributed by atoms with E-state index in [0.717, 1.165) is 19.6 Å². The quantitative estimate of drug-likeness (QED) is 0.648. The molecule has 0 aromatic carbocycles. The van der Waals surface area contributed by atoms with Crippen LogP contribution in [0.1, 0.15) is 27.7 Å². The van der Waals surface area contributed by atoms with Gasteiger partial charge in [-0.05, 0) is 26.8 Å². The van der Waals surface area contributed by atoms with Crippen molar-refractivity contribution >= 4 is 5.91 Å². The first-order valence-corrected chi connectivity index (χ1v) is 5.47. The van der Waals surface area contributed by atoms with Gasteiger partial charge in [0.15, 0.2) is 0 Å². The summed E-state index contributed by atoms with van der Waals surface area (Å²) in [5, 5.41) is 0. The van der Waals surface area contributed by atoms with Crippen LogP contribution in [-0.2, 0) is 4.79 Å². The van der Waals surface area contributed by atoms with Gasteiger partial charge >= 0.3 is 0 Å². The van der Waals surface area contributed by atoms with Crippen molar-refractivity contribution in [2.24, 2.45) is 5.92 Å². The third-order valence-corrected chi connectivity index (χ3v) is 2.20. The summed E-state index contributed by atoms with van der Waals surface area (Å²) in [6.07, 6.45) is 0. The topological polar surface area (TPSA) is 23.6 Å². The molecule has 0 radical (unpaired) electrons. The van der Waals surface area contributed by atoms with Crippen molar-refractivity contribution in [3.63, 3.8) is 0 Å². The molecule has 0 aliphatic rings. The summed E-state index contributed by atoms with van der Waals surface area (Å²) in [6.45, 7) is 11.5. The molecule has 0 N–H and O–H groups in total. The van der Waals surface area contributed by atoms with Crippen LogP contribution in [0.2, 0.25) is 0 Å². The molecule has 1 amide bonds. The van der Waals surface area contributed by atoms with Gasteiger partial charge in [0.1, 0.15) is 0 Å². The fourth-order valence-electron chi connectivity index (χ4n) is 1.60. The van der Waals surface area contributed by atoms with Crippen LogP contribution in [0.15, 0.2) is 0 Å². The minimum absolute atomic E-state index is 0.234. The van der Waals surface area contributed by atoms with Gasteiger partial charge in [-0.25, -0.2) is 0 Å². The van der Waals surface area contributed by atoms with Gasteiger partial charge in [0.05, 0.1) is 6.54 Å². The highest BCUT2D eigenvalue weighted by molar-refractivity contribution is 5.78. The van der Waals surface area contributed by atoms with E-state index in [1.165, 1.54) is 0 Å². The van der Waals surface area contributed by atoms with Crippen LogP contribution >= 0.6 is 0 Å². The molecule has 0 unspecified atom stereocenters. The first-order valence-electron chi connectivity index (χ1n) is 5.47. The van der Waals surface area contributed by atoms with E-state index < -0.39 is 0 Å². The van der Waals surface area contributed by atoms with Crippen LogP contribution in [0, 0.1) is 5.92 Å². The number of hydrogen-bond acceptors (Lipinski definition) is 2. The number of nitrogens with zero attached hydrogens (tertiary/aromatic N) is 2. The van der Waals surface area contributed by atoms with E-state index in [4.69, 9.17) is 0 Å². The van der Waals surface area contributed by atoms with E-state index in [9.17, 15) is 4.79 Å². The summed E-state index contributed by atoms with van der Waals surface area (Å²) in [6, 6.07) is 0. The van der Waals surface area contributed by atoms with E-state index in [-0.39, 0.29) is 5.91 Å². The summed E-state index contributed by atoms with van der Waals surface area (Å²) >= 11 is 0. The molecule has 0 aromatic rings. The zero-order chi connectivity index (χ0) is 11.1. The van der Waals surface area contributed by atoms with Crippen molar-refractivity contribution in [1.29, 1.82) is 0 Å². The molecular weight excluding hydrogens is 176 g/mol. The number of amides is 1. The van der Waals surface area contributed by atoms with Crippen LogP contribution in [0.3, 0.4) is 0 Å². The maximum Gasteiger partial charge on any atom is 0.236 e. The molecule has 0 saturated heterocycles. The van der Waals surface area contributed by atoms with Gasteiger partial charge in [-0.3, -0.25) is 9.69 Å². The molecule has 0 fully saturated rings. The highest BCUT2D eigenvalue weighted by atomic mass is 16.2. The Kier molecular flexibility index (Phi) is 6.54. The van der Waals surface area contributed by atoms with Gasteiger partial charge in [0.2, 0.25) is 5.91 Å². The van der Waals surface area contributed by atoms with Crippen LogP contribution < -0.4 is 0 Å². The van der Waals surface area contributed by atoms with E-state index >= 15 is 0 Å². The molecule has 14 heavy (non-hydrogen) atoms. The molecule has 0 aliphatic carbocycles. The Morgan fingerprint density at radius 2 is 1.71 bits per heavy atom. The third-order valence-electron chi connectivity index (χ3n) is 2.20. The minimum atomic E-state index is 0.234. The summed E-state index contributed by atoms with van der Waals surface area (Å²) in [5.74, 6) is 0.850. The van der Waals surface area contributed by atoms with Crippen molar-refractivity contribution < 1.29 is 4.79 Å². The number of carbonyl (C=O) groups excluding carboxylic acids is 1. The van der Waals surface area contributed by atoms with Gasteiger partial charge in [-0.2, -0.15) is 0 Å². The molecule has 3 nitrogen and oxygen atoms in total. The lowest BCUT2D eigenvalue weighted by Gasteiger charge is -2.23. The smallest absolute Gasteiger partial charge is 0.236 e. The standard InChI is InChI=1S/C11H24N2O/c1-6-13(7-2)11(14)9-12(5)8-10(3)4/h10H,6-9H2,1-5H3. The maximum atomic E-state index is 11.7. The Morgan fingerprint density at radius 3 is 2.07 bits per heavy atom. The third kappa shape index (κ3) is 5.22. The molecule has 0 bridgehead atoms. The second-order valence-corrected chi connectivity index (χ2v) is 4.16. The number of likely N-dealkylation sites (N-methyl/N-ethyl adjacent to an activating group) is 2. The lowest BCUT2D eigenvalue weighted by atomic mass is 10.2. The first kappa shape index (κ1) is 13.4. The lowest BCUT2D eigenvalue weighted by molar-refractivity contribution is -0.131.